The number of hydrogen-bond donors (Lipinski definition) is 2. The van der Waals surface area contributed by atoms with Crippen molar-refractivity contribution in [1.29, 1.82) is 0 Å². The molecule has 2 N–H and O–H groups in total. The van der Waals surface area contributed by atoms with Crippen LogP contribution in [0.3, 0.4) is 0 Å². The maximum absolute atomic E-state index is 13.5. The van der Waals surface area contributed by atoms with Crippen molar-refractivity contribution in [3.8, 4) is 0 Å². The molecular weight excluding hydrogens is 515 g/mol. The van der Waals surface area contributed by atoms with Crippen LogP contribution in [0.4, 0.5) is 13.2 Å². The molecule has 7 nitrogen and oxygen atoms in total. The second-order valence-corrected chi connectivity index (χ2v) is 9.96. The minimum atomic E-state index is -4.53. The van der Waals surface area contributed by atoms with E-state index < -0.39 is 11.7 Å². The van der Waals surface area contributed by atoms with Crippen LogP contribution >= 0.6 is 23.4 Å². The summed E-state index contributed by atoms with van der Waals surface area (Å²) < 4.78 is 41.9. The SMILES string of the molecule is O=C1N=C(N2CCN[C@@H](CO)C2)SC1=Cc1ccc2c(cnn2Cc2ccc(Cl)cc2C(F)(F)F)c1. The van der Waals surface area contributed by atoms with E-state index in [1.54, 1.807) is 24.4 Å². The van der Waals surface area contributed by atoms with E-state index in [4.69, 9.17) is 11.6 Å². The topological polar surface area (TPSA) is 82.8 Å². The first-order valence-corrected chi connectivity index (χ1v) is 12.3. The third-order valence-corrected chi connectivity index (χ3v) is 7.30. The second kappa shape index (κ2) is 9.89. The lowest BCUT2D eigenvalue weighted by Gasteiger charge is -2.33. The maximum Gasteiger partial charge on any atom is 0.416 e. The highest BCUT2D eigenvalue weighted by molar-refractivity contribution is 8.18. The molecule has 2 aliphatic rings. The molecule has 0 saturated carbocycles. The summed E-state index contributed by atoms with van der Waals surface area (Å²) in [7, 11) is 0. The number of nitrogens with one attached hydrogen (secondary N) is 1. The normalized spacial score (nSPS) is 20.0. The van der Waals surface area contributed by atoms with Crippen LogP contribution in [-0.4, -0.2) is 63.1 Å². The van der Waals surface area contributed by atoms with Crippen LogP contribution in [0, 0.1) is 0 Å². The van der Waals surface area contributed by atoms with Crippen LogP contribution < -0.4 is 5.32 Å². The average Bonchev–Trinajstić information content (AvgIpc) is 3.42. The van der Waals surface area contributed by atoms with Crippen molar-refractivity contribution in [1.82, 2.24) is 20.0 Å². The van der Waals surface area contributed by atoms with Crippen LogP contribution in [0.25, 0.3) is 17.0 Å². The number of amidine groups is 1. The molecule has 12 heteroatoms. The Kier molecular flexibility index (Phi) is 6.82. The van der Waals surface area contributed by atoms with Crippen LogP contribution in [-0.2, 0) is 17.5 Å². The van der Waals surface area contributed by atoms with Crippen molar-refractivity contribution in [2.24, 2.45) is 4.99 Å². The highest BCUT2D eigenvalue weighted by atomic mass is 35.5. The Morgan fingerprint density at radius 1 is 1.25 bits per heavy atom. The number of carbonyl (C=O) groups excluding carboxylic acids is 1. The minimum Gasteiger partial charge on any atom is -0.395 e. The van der Waals surface area contributed by atoms with E-state index in [0.29, 0.717) is 35.2 Å². The lowest BCUT2D eigenvalue weighted by Crippen LogP contribution is -2.53. The molecule has 1 atom stereocenters. The van der Waals surface area contributed by atoms with Gasteiger partial charge in [0.25, 0.3) is 5.91 Å². The van der Waals surface area contributed by atoms with Crippen molar-refractivity contribution >= 4 is 51.4 Å². The Morgan fingerprint density at radius 3 is 2.86 bits per heavy atom. The van der Waals surface area contributed by atoms with Crippen molar-refractivity contribution in [3.05, 3.63) is 69.2 Å². The van der Waals surface area contributed by atoms with Gasteiger partial charge in [-0.05, 0) is 53.2 Å². The largest absolute Gasteiger partial charge is 0.416 e. The van der Waals surface area contributed by atoms with Gasteiger partial charge in [-0.2, -0.15) is 23.3 Å². The number of hydrogen-bond acceptors (Lipinski definition) is 6. The van der Waals surface area contributed by atoms with E-state index in [1.165, 1.54) is 28.6 Å². The lowest BCUT2D eigenvalue weighted by molar-refractivity contribution is -0.138. The van der Waals surface area contributed by atoms with E-state index in [1.807, 2.05) is 11.0 Å². The molecule has 1 fully saturated rings. The molecule has 2 aliphatic heterocycles. The summed E-state index contributed by atoms with van der Waals surface area (Å²) in [5.41, 5.74) is 0.697. The van der Waals surface area contributed by atoms with Crippen LogP contribution in [0.5, 0.6) is 0 Å². The highest BCUT2D eigenvalue weighted by Crippen LogP contribution is 2.35. The summed E-state index contributed by atoms with van der Waals surface area (Å²) in [4.78, 5) is 19.1. The zero-order valence-electron chi connectivity index (χ0n) is 18.8. The smallest absolute Gasteiger partial charge is 0.395 e. The van der Waals surface area contributed by atoms with Crippen LogP contribution in [0.1, 0.15) is 16.7 Å². The van der Waals surface area contributed by atoms with Crippen molar-refractivity contribution in [3.63, 3.8) is 0 Å². The minimum absolute atomic E-state index is 0.00826. The van der Waals surface area contributed by atoms with Gasteiger partial charge in [0, 0.05) is 36.1 Å². The zero-order valence-corrected chi connectivity index (χ0v) is 20.4. The molecule has 0 unspecified atom stereocenters. The predicted molar refractivity (Wildman–Crippen MR) is 134 cm³/mol. The number of thioether (sulfide) groups is 1. The Balaban J connectivity index is 1.35. The molecule has 188 valence electrons. The molecule has 0 bridgehead atoms. The molecule has 3 aromatic rings. The number of carbonyl (C=O) groups is 1. The molecule has 0 spiro atoms. The number of aliphatic hydroxyl groups excluding tert-OH is 1. The van der Waals surface area contributed by atoms with E-state index in [9.17, 15) is 23.1 Å². The van der Waals surface area contributed by atoms with E-state index in [0.717, 1.165) is 17.0 Å². The molecule has 2 aromatic carbocycles. The van der Waals surface area contributed by atoms with Gasteiger partial charge in [0.05, 0.1) is 35.3 Å². The van der Waals surface area contributed by atoms with Gasteiger partial charge < -0.3 is 15.3 Å². The van der Waals surface area contributed by atoms with E-state index >= 15 is 0 Å². The molecule has 36 heavy (non-hydrogen) atoms. The third-order valence-electron chi connectivity index (χ3n) is 6.02. The first kappa shape index (κ1) is 24.8. The zero-order chi connectivity index (χ0) is 25.4. The molecule has 1 aromatic heterocycles. The summed E-state index contributed by atoms with van der Waals surface area (Å²) in [6.45, 7) is 1.89. The fraction of sp³-hybridized carbons (Fsp3) is 0.292. The number of rotatable bonds is 4. The summed E-state index contributed by atoms with van der Waals surface area (Å²) >= 11 is 7.08. The van der Waals surface area contributed by atoms with Crippen molar-refractivity contribution in [2.75, 3.05) is 26.2 Å². The van der Waals surface area contributed by atoms with Gasteiger partial charge in [-0.1, -0.05) is 23.7 Å². The molecular formula is C24H21ClF3N5O2S. The first-order chi connectivity index (χ1) is 17.2. The first-order valence-electron chi connectivity index (χ1n) is 11.1. The predicted octanol–water partition coefficient (Wildman–Crippen LogP) is 3.99. The van der Waals surface area contributed by atoms with Gasteiger partial charge in [-0.15, -0.1) is 0 Å². The highest BCUT2D eigenvalue weighted by Gasteiger charge is 2.34. The number of fused-ring (bicyclic) bond motifs is 1. The number of aliphatic hydroxyl groups is 1. The molecule has 5 rings (SSSR count). The van der Waals surface area contributed by atoms with Gasteiger partial charge in [-0.3, -0.25) is 9.48 Å². The molecule has 1 saturated heterocycles. The van der Waals surface area contributed by atoms with Crippen molar-refractivity contribution in [2.45, 2.75) is 18.8 Å². The van der Waals surface area contributed by atoms with Gasteiger partial charge in [-0.25, -0.2) is 0 Å². The van der Waals surface area contributed by atoms with Gasteiger partial charge in [0.1, 0.15) is 0 Å². The summed E-state index contributed by atoms with van der Waals surface area (Å²) in [5, 5.41) is 18.3. The average molecular weight is 536 g/mol. The third kappa shape index (κ3) is 5.15. The van der Waals surface area contributed by atoms with Crippen LogP contribution in [0.15, 0.2) is 52.5 Å². The second-order valence-electron chi connectivity index (χ2n) is 8.51. The maximum atomic E-state index is 13.5. The number of amides is 1. The Labute approximate surface area is 213 Å². The number of halogens is 4. The van der Waals surface area contributed by atoms with Crippen molar-refractivity contribution < 1.29 is 23.1 Å². The number of nitrogens with zero attached hydrogens (tertiary/aromatic N) is 4. The quantitative estimate of drug-likeness (QED) is 0.492. The fourth-order valence-electron chi connectivity index (χ4n) is 4.24. The molecule has 3 heterocycles. The van der Waals surface area contributed by atoms with Gasteiger partial charge in [0.15, 0.2) is 5.17 Å². The van der Waals surface area contributed by atoms with Crippen LogP contribution in [0.2, 0.25) is 5.02 Å². The Bertz CT molecular complexity index is 1390. The molecule has 0 aliphatic carbocycles. The standard InChI is InChI=1S/C24H21ClF3N5O2S/c25-17-3-2-15(19(9-17)24(26,27)28)11-33-20-4-1-14(7-16(20)10-30-33)8-21-22(35)31-23(36-21)32-6-5-29-18(12-32)13-34/h1-4,7-10,18,29,34H,5-6,11-13H2/t18-/m1/s1. The summed E-state index contributed by atoms with van der Waals surface area (Å²) in [5.74, 6) is -0.327. The van der Waals surface area contributed by atoms with Gasteiger partial charge >= 0.3 is 6.18 Å². The molecule has 0 radical (unpaired) electrons. The summed E-state index contributed by atoms with van der Waals surface area (Å²) in [6, 6.07) is 9.03. The Hall–Kier alpha value is -2.86. The number of benzene rings is 2. The number of aromatic nitrogens is 2. The fourth-order valence-corrected chi connectivity index (χ4v) is 5.36. The van der Waals surface area contributed by atoms with E-state index in [-0.39, 0.29) is 35.7 Å². The lowest BCUT2D eigenvalue weighted by atomic mass is 10.1. The summed E-state index contributed by atoms with van der Waals surface area (Å²) in [6.07, 6.45) is -1.20. The monoisotopic (exact) mass is 535 g/mol. The Morgan fingerprint density at radius 2 is 2.08 bits per heavy atom. The number of alkyl halides is 3. The number of piperazine rings is 1. The van der Waals surface area contributed by atoms with Gasteiger partial charge in [0.2, 0.25) is 0 Å². The van der Waals surface area contributed by atoms with E-state index in [2.05, 4.69) is 15.4 Å². The molecule has 1 amide bonds. The number of aliphatic imine (C=N–C) groups is 1.